The van der Waals surface area contributed by atoms with Gasteiger partial charge in [-0.2, -0.15) is 0 Å². The van der Waals surface area contributed by atoms with Crippen LogP contribution in [0, 0.1) is 17.2 Å². The van der Waals surface area contributed by atoms with Crippen molar-refractivity contribution in [2.45, 2.75) is 25.7 Å². The van der Waals surface area contributed by atoms with Gasteiger partial charge in [-0.3, -0.25) is 15.6 Å². The molecule has 0 bridgehead atoms. The van der Waals surface area contributed by atoms with Gasteiger partial charge in [0, 0.05) is 6.54 Å². The first-order valence-corrected chi connectivity index (χ1v) is 5.15. The number of hydrazine groups is 1. The Kier molecular flexibility index (Phi) is 4.36. The van der Waals surface area contributed by atoms with Gasteiger partial charge in [0.2, 0.25) is 0 Å². The van der Waals surface area contributed by atoms with Crippen molar-refractivity contribution < 1.29 is 9.90 Å². The maximum absolute atomic E-state index is 10.7. The van der Waals surface area contributed by atoms with E-state index in [1.54, 1.807) is 0 Å². The predicted octanol–water partition coefficient (Wildman–Crippen LogP) is -0.135. The van der Waals surface area contributed by atoms with E-state index in [0.29, 0.717) is 5.92 Å². The molecule has 0 amide bonds. The van der Waals surface area contributed by atoms with Gasteiger partial charge in [-0.25, -0.2) is 5.43 Å². The van der Waals surface area contributed by atoms with Crippen LogP contribution in [0.25, 0.3) is 0 Å². The molecule has 0 aromatic rings. The second-order valence-corrected chi connectivity index (χ2v) is 3.98. The molecule has 0 aromatic carbocycles. The zero-order valence-electron chi connectivity index (χ0n) is 8.62. The molecule has 86 valence electrons. The maximum Gasteiger partial charge on any atom is 0.306 e. The Bertz CT molecular complexity index is 234. The Hall–Kier alpha value is -1.30. The van der Waals surface area contributed by atoms with Crippen LogP contribution < -0.4 is 16.6 Å². The number of hydrogen-bond acceptors (Lipinski definition) is 3. The van der Waals surface area contributed by atoms with E-state index >= 15 is 0 Å². The third kappa shape index (κ3) is 4.16. The molecule has 0 spiro atoms. The molecular formula is C9H18N4O2. The average Bonchev–Trinajstić information content (AvgIpc) is 2.18. The van der Waals surface area contributed by atoms with E-state index in [4.69, 9.17) is 16.2 Å². The normalized spacial score (nSPS) is 25.9. The summed E-state index contributed by atoms with van der Waals surface area (Å²) in [6, 6.07) is 0. The first-order valence-electron chi connectivity index (χ1n) is 5.15. The summed E-state index contributed by atoms with van der Waals surface area (Å²) in [6.45, 7) is 0.728. The molecule has 0 unspecified atom stereocenters. The highest BCUT2D eigenvalue weighted by Crippen LogP contribution is 2.28. The van der Waals surface area contributed by atoms with Gasteiger partial charge in [0.25, 0.3) is 0 Å². The van der Waals surface area contributed by atoms with E-state index < -0.39 is 5.97 Å². The van der Waals surface area contributed by atoms with E-state index in [9.17, 15) is 4.79 Å². The lowest BCUT2D eigenvalue weighted by molar-refractivity contribution is -0.143. The molecule has 0 saturated heterocycles. The quantitative estimate of drug-likeness (QED) is 0.254. The van der Waals surface area contributed by atoms with Crippen LogP contribution in [0.15, 0.2) is 0 Å². The highest BCUT2D eigenvalue weighted by molar-refractivity contribution is 5.73. The summed E-state index contributed by atoms with van der Waals surface area (Å²) in [4.78, 5) is 10.7. The Labute approximate surface area is 88.7 Å². The van der Waals surface area contributed by atoms with Crippen molar-refractivity contribution in [2.75, 3.05) is 6.54 Å². The van der Waals surface area contributed by atoms with Crippen molar-refractivity contribution in [1.82, 2.24) is 10.9 Å². The fraction of sp³-hybridized carbons (Fsp3) is 0.778. The van der Waals surface area contributed by atoms with Crippen LogP contribution in [0.2, 0.25) is 0 Å². The molecule has 1 aliphatic rings. The van der Waals surface area contributed by atoms with E-state index in [1.807, 2.05) is 0 Å². The van der Waals surface area contributed by atoms with Crippen LogP contribution in [0.4, 0.5) is 0 Å². The second kappa shape index (κ2) is 5.55. The summed E-state index contributed by atoms with van der Waals surface area (Å²) in [5.74, 6) is -0.466. The SMILES string of the molecule is N=C(N)NNC[C@H]1CC[C@H](C(=O)O)CC1. The molecule has 1 fully saturated rings. The minimum atomic E-state index is -0.678. The molecule has 0 aliphatic heterocycles. The number of carbonyl (C=O) groups is 1. The zero-order chi connectivity index (χ0) is 11.3. The second-order valence-electron chi connectivity index (χ2n) is 3.98. The molecule has 6 nitrogen and oxygen atoms in total. The summed E-state index contributed by atoms with van der Waals surface area (Å²) in [5.41, 5.74) is 10.5. The Morgan fingerprint density at radius 3 is 2.47 bits per heavy atom. The topological polar surface area (TPSA) is 111 Å². The number of carboxylic acids is 1. The van der Waals surface area contributed by atoms with Crippen molar-refractivity contribution in [3.8, 4) is 0 Å². The molecule has 0 radical (unpaired) electrons. The van der Waals surface area contributed by atoms with Gasteiger partial charge in [-0.05, 0) is 31.6 Å². The van der Waals surface area contributed by atoms with Crippen molar-refractivity contribution in [1.29, 1.82) is 5.41 Å². The smallest absolute Gasteiger partial charge is 0.306 e. The summed E-state index contributed by atoms with van der Waals surface area (Å²) < 4.78 is 0. The van der Waals surface area contributed by atoms with Gasteiger partial charge >= 0.3 is 5.97 Å². The summed E-state index contributed by atoms with van der Waals surface area (Å²) in [5, 5.41) is 15.7. The minimum absolute atomic E-state index is 0.103. The summed E-state index contributed by atoms with van der Waals surface area (Å²) in [7, 11) is 0. The third-order valence-corrected chi connectivity index (χ3v) is 2.81. The van der Waals surface area contributed by atoms with Crippen molar-refractivity contribution in [3.63, 3.8) is 0 Å². The van der Waals surface area contributed by atoms with E-state index in [-0.39, 0.29) is 11.9 Å². The number of rotatable bonds is 4. The van der Waals surface area contributed by atoms with Crippen LogP contribution in [0.5, 0.6) is 0 Å². The summed E-state index contributed by atoms with van der Waals surface area (Å²) in [6.07, 6.45) is 3.34. The van der Waals surface area contributed by atoms with Gasteiger partial charge in [-0.15, -0.1) is 0 Å². The van der Waals surface area contributed by atoms with Crippen molar-refractivity contribution in [3.05, 3.63) is 0 Å². The van der Waals surface area contributed by atoms with Gasteiger partial charge in [0.05, 0.1) is 5.92 Å². The van der Waals surface area contributed by atoms with Gasteiger partial charge < -0.3 is 10.8 Å². The molecule has 0 aromatic heterocycles. The number of nitrogens with one attached hydrogen (secondary N) is 3. The minimum Gasteiger partial charge on any atom is -0.481 e. The molecule has 0 heterocycles. The first-order chi connectivity index (χ1) is 7.09. The number of carboxylic acid groups (broad SMARTS) is 1. The average molecular weight is 214 g/mol. The molecule has 6 heteroatoms. The first kappa shape index (κ1) is 11.8. The van der Waals surface area contributed by atoms with Gasteiger partial charge in [0.1, 0.15) is 0 Å². The van der Waals surface area contributed by atoms with Crippen molar-refractivity contribution in [2.24, 2.45) is 17.6 Å². The number of nitrogens with two attached hydrogens (primary N) is 1. The van der Waals surface area contributed by atoms with Crippen LogP contribution >= 0.6 is 0 Å². The fourth-order valence-corrected chi connectivity index (χ4v) is 1.90. The van der Waals surface area contributed by atoms with Crippen molar-refractivity contribution >= 4 is 11.9 Å². The van der Waals surface area contributed by atoms with E-state index in [1.165, 1.54) is 0 Å². The molecular weight excluding hydrogens is 196 g/mol. The Morgan fingerprint density at radius 2 is 2.00 bits per heavy atom. The lowest BCUT2D eigenvalue weighted by atomic mass is 9.82. The molecule has 0 atom stereocenters. The molecule has 1 saturated carbocycles. The lowest BCUT2D eigenvalue weighted by Gasteiger charge is -2.26. The third-order valence-electron chi connectivity index (χ3n) is 2.81. The molecule has 1 aliphatic carbocycles. The van der Waals surface area contributed by atoms with Gasteiger partial charge in [-0.1, -0.05) is 0 Å². The maximum atomic E-state index is 10.7. The number of aliphatic carboxylic acids is 1. The Balaban J connectivity index is 2.14. The fourth-order valence-electron chi connectivity index (χ4n) is 1.90. The van der Waals surface area contributed by atoms with Crippen LogP contribution in [-0.2, 0) is 4.79 Å². The van der Waals surface area contributed by atoms with Crippen LogP contribution in [-0.4, -0.2) is 23.6 Å². The van der Waals surface area contributed by atoms with Crippen LogP contribution in [0.1, 0.15) is 25.7 Å². The highest BCUT2D eigenvalue weighted by atomic mass is 16.4. The van der Waals surface area contributed by atoms with E-state index in [0.717, 1.165) is 32.2 Å². The predicted molar refractivity (Wildman–Crippen MR) is 56.1 cm³/mol. The lowest BCUT2D eigenvalue weighted by Crippen LogP contribution is -2.44. The number of guanidine groups is 1. The monoisotopic (exact) mass is 214 g/mol. The van der Waals surface area contributed by atoms with E-state index in [2.05, 4.69) is 10.9 Å². The molecule has 1 rings (SSSR count). The summed E-state index contributed by atoms with van der Waals surface area (Å²) >= 11 is 0. The number of hydrogen-bond donors (Lipinski definition) is 5. The molecule has 6 N–H and O–H groups in total. The molecule has 15 heavy (non-hydrogen) atoms. The van der Waals surface area contributed by atoms with Gasteiger partial charge in [0.15, 0.2) is 5.96 Å². The largest absolute Gasteiger partial charge is 0.481 e. The zero-order valence-corrected chi connectivity index (χ0v) is 8.62. The standard InChI is InChI=1S/C9H18N4O2/c10-9(11)13-12-5-6-1-3-7(4-2-6)8(14)15/h6-7,12H,1-5H2,(H,14,15)(H4,10,11,13)/t6-,7-. The van der Waals surface area contributed by atoms with Crippen LogP contribution in [0.3, 0.4) is 0 Å². The highest BCUT2D eigenvalue weighted by Gasteiger charge is 2.25. The Morgan fingerprint density at radius 1 is 1.40 bits per heavy atom.